The molecule has 0 aliphatic heterocycles. The molecule has 0 amide bonds. The first-order chi connectivity index (χ1) is 2.00. The van der Waals surface area contributed by atoms with Gasteiger partial charge in [-0.1, -0.05) is 0 Å². The molecule has 0 unspecified atom stereocenters. The second-order valence-corrected chi connectivity index (χ2v) is 1.22. The summed E-state index contributed by atoms with van der Waals surface area (Å²) in [7, 11) is -5.17. The average molecular weight is 156 g/mol. The third-order valence-electron chi connectivity index (χ3n) is 0. The van der Waals surface area contributed by atoms with Gasteiger partial charge in [-0.3, -0.25) is 8.42 Å². The zero-order valence-corrected chi connectivity index (χ0v) is 4.16. The van der Waals surface area contributed by atoms with Gasteiger partial charge in [-0.25, -0.2) is 0 Å². The summed E-state index contributed by atoms with van der Waals surface area (Å²) in [5.74, 6) is 0. The smallest absolute Gasteiger partial charge is 0.759 e. The normalized spacial score (nSPS) is 9.67. The van der Waals surface area contributed by atoms with Crippen LogP contribution in [-0.4, -0.2) is 17.5 Å². The van der Waals surface area contributed by atoms with Crippen molar-refractivity contribution in [2.45, 2.75) is 0 Å². The molecular weight excluding hydrogens is 155 g/mol. The summed E-state index contributed by atoms with van der Waals surface area (Å²) in [6.07, 6.45) is 0. The van der Waals surface area contributed by atoms with Crippen molar-refractivity contribution in [1.29, 1.82) is 0 Å². The van der Waals surface area contributed by atoms with Crippen molar-refractivity contribution in [2.75, 3.05) is 0 Å². The molecule has 0 spiro atoms. The van der Waals surface area contributed by atoms with Crippen LogP contribution in [0.1, 0.15) is 1.43 Å². The van der Waals surface area contributed by atoms with Gasteiger partial charge in [-0.15, -0.1) is 0 Å². The maximum atomic E-state index is 8.52. The van der Waals surface area contributed by atoms with Crippen molar-refractivity contribution in [3.05, 3.63) is 0 Å². The zero-order valence-electron chi connectivity index (χ0n) is 3.36. The quantitative estimate of drug-likeness (QED) is 0.249. The Morgan fingerprint density at radius 1 is 1.33 bits per heavy atom. The van der Waals surface area contributed by atoms with Gasteiger partial charge in [0, 0.05) is 26.9 Å². The van der Waals surface area contributed by atoms with Crippen LogP contribution in [0, 0.1) is 0 Å². The van der Waals surface area contributed by atoms with E-state index in [-0.39, 0.29) is 17.9 Å². The van der Waals surface area contributed by atoms with Crippen LogP contribution in [0.5, 0.6) is 0 Å². The molecule has 0 aliphatic carbocycles. The fourth-order valence-electron chi connectivity index (χ4n) is 0. The largest absolute Gasteiger partial charge is 1.00 e. The zero-order chi connectivity index (χ0) is 4.50. The van der Waals surface area contributed by atoms with Crippen molar-refractivity contribution in [2.24, 2.45) is 0 Å². The van der Waals surface area contributed by atoms with Gasteiger partial charge in [0.25, 0.3) is 0 Å². The Balaban J connectivity index is -0.0000000800. The molecule has 0 aromatic carbocycles. The monoisotopic (exact) mass is 155 g/mol. The van der Waals surface area contributed by atoms with Crippen LogP contribution < -0.4 is 0 Å². The van der Waals surface area contributed by atoms with E-state index in [0.717, 1.165) is 0 Å². The molecule has 0 heterocycles. The van der Waals surface area contributed by atoms with Crippen LogP contribution in [0.3, 0.4) is 0 Å². The summed E-state index contributed by atoms with van der Waals surface area (Å²) in [4.78, 5) is 0. The molecule has 0 saturated heterocycles. The molecule has 0 radical (unpaired) electrons. The molecule has 0 aromatic heterocycles. The standard InChI is InChI=1S/Ni.H2O4S/c;1-5(2,3)4/h;(H2,1,2,3,4)/p-1. The Kier molecular flexibility index (Phi) is 4.04. The minimum absolute atomic E-state index is 0. The fraction of sp³-hybridized carbons (Fsp3) is 0. The third-order valence-corrected chi connectivity index (χ3v) is 0. The first kappa shape index (κ1) is 9.61. The molecule has 0 N–H and O–H groups in total. The van der Waals surface area contributed by atoms with Gasteiger partial charge in [0.05, 0.1) is 0 Å². The summed E-state index contributed by atoms with van der Waals surface area (Å²) in [6.45, 7) is 0. The van der Waals surface area contributed by atoms with E-state index in [9.17, 15) is 0 Å². The third kappa shape index (κ3) is 374. The van der Waals surface area contributed by atoms with Gasteiger partial charge in [0.1, 0.15) is 0 Å². The van der Waals surface area contributed by atoms with Crippen LogP contribution >= 0.6 is 0 Å². The Morgan fingerprint density at radius 2 is 1.33 bits per heavy atom. The minimum Gasteiger partial charge on any atom is -0.759 e. The molecule has 6 heteroatoms. The molecule has 6 heavy (non-hydrogen) atoms. The van der Waals surface area contributed by atoms with E-state index in [1.165, 1.54) is 0 Å². The summed E-state index contributed by atoms with van der Waals surface area (Å²) >= 11 is 0. The SMILES string of the molecule is O=S(=O)([O-])[O-].[H+].[Ni]. The van der Waals surface area contributed by atoms with E-state index in [0.29, 0.717) is 0 Å². The summed E-state index contributed by atoms with van der Waals surface area (Å²) in [5, 5.41) is 0. The predicted octanol–water partition coefficient (Wildman–Crippen LogP) is -1.23. The Labute approximate surface area is 46.5 Å². The van der Waals surface area contributed by atoms with Gasteiger partial charge in [0.2, 0.25) is 0 Å². The molecule has 42 valence electrons. The number of hydrogen-bond donors (Lipinski definition) is 0. The summed E-state index contributed by atoms with van der Waals surface area (Å²) in [5.41, 5.74) is 0. The van der Waals surface area contributed by atoms with E-state index in [1.54, 1.807) is 0 Å². The summed E-state index contributed by atoms with van der Waals surface area (Å²) in [6, 6.07) is 0. The number of hydrogen-bond acceptors (Lipinski definition) is 4. The average Bonchev–Trinajstić information content (AvgIpc) is 0.722. The molecule has 0 saturated carbocycles. The summed E-state index contributed by atoms with van der Waals surface area (Å²) < 4.78 is 34.1. The van der Waals surface area contributed by atoms with Gasteiger partial charge in [-0.05, 0) is 0 Å². The van der Waals surface area contributed by atoms with Crippen LogP contribution in [0.2, 0.25) is 0 Å². The molecule has 0 bridgehead atoms. The van der Waals surface area contributed by atoms with Crippen LogP contribution in [0.25, 0.3) is 0 Å². The topological polar surface area (TPSA) is 80.3 Å². The maximum absolute atomic E-state index is 8.52. The van der Waals surface area contributed by atoms with Crippen molar-refractivity contribution < 1.29 is 35.4 Å². The molecule has 0 rings (SSSR count). The van der Waals surface area contributed by atoms with Gasteiger partial charge >= 0.3 is 1.43 Å². The second-order valence-electron chi connectivity index (χ2n) is 0.408. The molecule has 4 nitrogen and oxygen atoms in total. The van der Waals surface area contributed by atoms with E-state index >= 15 is 0 Å². The first-order valence-corrected chi connectivity index (χ1v) is 2.00. The van der Waals surface area contributed by atoms with Crippen LogP contribution in [0.15, 0.2) is 0 Å². The molecular formula is HNiO4S-. The van der Waals surface area contributed by atoms with Crippen molar-refractivity contribution in [3.8, 4) is 0 Å². The van der Waals surface area contributed by atoms with Crippen molar-refractivity contribution in [1.82, 2.24) is 0 Å². The van der Waals surface area contributed by atoms with Gasteiger partial charge in [-0.2, -0.15) is 0 Å². The number of rotatable bonds is 0. The fourth-order valence-corrected chi connectivity index (χ4v) is 0. The van der Waals surface area contributed by atoms with Crippen LogP contribution in [-0.2, 0) is 26.9 Å². The Hall–Kier alpha value is 0.364. The second kappa shape index (κ2) is 2.52. The molecule has 0 atom stereocenters. The Morgan fingerprint density at radius 3 is 1.33 bits per heavy atom. The van der Waals surface area contributed by atoms with E-state index in [4.69, 9.17) is 17.5 Å². The van der Waals surface area contributed by atoms with Crippen LogP contribution in [0.4, 0.5) is 0 Å². The van der Waals surface area contributed by atoms with Gasteiger partial charge in [0.15, 0.2) is 0 Å². The van der Waals surface area contributed by atoms with Crippen molar-refractivity contribution >= 4 is 10.4 Å². The van der Waals surface area contributed by atoms with E-state index in [1.807, 2.05) is 0 Å². The van der Waals surface area contributed by atoms with Crippen molar-refractivity contribution in [3.63, 3.8) is 0 Å². The van der Waals surface area contributed by atoms with E-state index in [2.05, 4.69) is 0 Å². The maximum Gasteiger partial charge on any atom is 1.00 e. The molecule has 0 aromatic rings. The van der Waals surface area contributed by atoms with E-state index < -0.39 is 10.4 Å². The molecule has 0 aliphatic rings. The van der Waals surface area contributed by atoms with Gasteiger partial charge < -0.3 is 9.11 Å². The molecule has 0 fully saturated rings. The first-order valence-electron chi connectivity index (χ1n) is 0.667. The Bertz CT molecular complexity index is 94.9. The predicted molar refractivity (Wildman–Crippen MR) is 11.6 cm³/mol. The minimum atomic E-state index is -5.17.